The minimum Gasteiger partial charge on any atom is -0.349 e. The number of nitrogens with one attached hydrogen (secondary N) is 2. The van der Waals surface area contributed by atoms with Crippen molar-refractivity contribution in [2.75, 3.05) is 18.4 Å². The van der Waals surface area contributed by atoms with Crippen molar-refractivity contribution in [3.8, 4) is 0 Å². The van der Waals surface area contributed by atoms with Gasteiger partial charge in [0.2, 0.25) is 10.0 Å². The van der Waals surface area contributed by atoms with Crippen molar-refractivity contribution >= 4 is 38.9 Å². The van der Waals surface area contributed by atoms with Gasteiger partial charge in [0, 0.05) is 30.4 Å². The van der Waals surface area contributed by atoms with Crippen LogP contribution in [0.15, 0.2) is 40.6 Å². The predicted octanol–water partition coefficient (Wildman–Crippen LogP) is 3.07. The summed E-state index contributed by atoms with van der Waals surface area (Å²) in [4.78, 5) is 25.0. The van der Waals surface area contributed by atoms with Crippen LogP contribution in [0, 0.1) is 0 Å². The van der Waals surface area contributed by atoms with E-state index in [4.69, 9.17) is 0 Å². The first-order chi connectivity index (χ1) is 13.9. The minimum atomic E-state index is -3.68. The highest BCUT2D eigenvalue weighted by molar-refractivity contribution is 7.89. The molecule has 1 aliphatic carbocycles. The van der Waals surface area contributed by atoms with E-state index in [1.54, 1.807) is 29.6 Å². The Morgan fingerprint density at radius 1 is 0.966 bits per heavy atom. The summed E-state index contributed by atoms with van der Waals surface area (Å²) in [5.41, 5.74) is 1.03. The van der Waals surface area contributed by atoms with Crippen LogP contribution in [0.2, 0.25) is 0 Å². The molecule has 2 N–H and O–H groups in total. The molecular formula is C20H23N3O4S2. The molecule has 4 rings (SSSR count). The van der Waals surface area contributed by atoms with Gasteiger partial charge in [-0.1, -0.05) is 6.42 Å². The number of sulfonamides is 1. The van der Waals surface area contributed by atoms with Crippen LogP contribution in [0.5, 0.6) is 0 Å². The molecule has 154 valence electrons. The Morgan fingerprint density at radius 2 is 1.66 bits per heavy atom. The van der Waals surface area contributed by atoms with Gasteiger partial charge in [0.15, 0.2) is 0 Å². The van der Waals surface area contributed by atoms with Crippen LogP contribution in [-0.4, -0.2) is 43.7 Å². The molecule has 1 saturated carbocycles. The standard InChI is InChI=1S/C20H23N3O4S2/c24-19(21-16-8-9-16)14-4-6-15(7-5-14)22-20(25)18-17(10-13-28-18)29(26,27)23-11-2-1-3-12-23/h4-7,10,13,16H,1-3,8-9,11-12H2,(H,21,24)(H,22,25). The Morgan fingerprint density at radius 3 is 2.31 bits per heavy atom. The second-order valence-electron chi connectivity index (χ2n) is 7.36. The van der Waals surface area contributed by atoms with Crippen LogP contribution < -0.4 is 10.6 Å². The van der Waals surface area contributed by atoms with Crippen LogP contribution in [0.25, 0.3) is 0 Å². The third-order valence-electron chi connectivity index (χ3n) is 5.09. The Hall–Kier alpha value is -2.23. The van der Waals surface area contributed by atoms with Gasteiger partial charge in [0.25, 0.3) is 11.8 Å². The number of carbonyl (C=O) groups excluding carboxylic acids is 2. The molecule has 2 aromatic rings. The van der Waals surface area contributed by atoms with E-state index in [-0.39, 0.29) is 21.7 Å². The molecule has 1 aromatic carbocycles. The summed E-state index contributed by atoms with van der Waals surface area (Å²) in [5, 5.41) is 7.27. The van der Waals surface area contributed by atoms with Gasteiger partial charge in [-0.2, -0.15) is 4.31 Å². The van der Waals surface area contributed by atoms with Crippen molar-refractivity contribution in [3.63, 3.8) is 0 Å². The number of amides is 2. The summed E-state index contributed by atoms with van der Waals surface area (Å²) in [6.45, 7) is 0.979. The smallest absolute Gasteiger partial charge is 0.267 e. The molecule has 29 heavy (non-hydrogen) atoms. The molecule has 0 radical (unpaired) electrons. The van der Waals surface area contributed by atoms with E-state index in [1.165, 1.54) is 10.4 Å². The lowest BCUT2D eigenvalue weighted by atomic mass is 10.2. The van der Waals surface area contributed by atoms with E-state index in [0.717, 1.165) is 43.4 Å². The topological polar surface area (TPSA) is 95.6 Å². The van der Waals surface area contributed by atoms with Gasteiger partial charge in [-0.3, -0.25) is 9.59 Å². The summed E-state index contributed by atoms with van der Waals surface area (Å²) in [5.74, 6) is -0.593. The van der Waals surface area contributed by atoms with Gasteiger partial charge in [-0.25, -0.2) is 8.42 Å². The summed E-state index contributed by atoms with van der Waals surface area (Å²) < 4.78 is 27.4. The zero-order valence-electron chi connectivity index (χ0n) is 15.9. The molecule has 0 atom stereocenters. The van der Waals surface area contributed by atoms with Crippen LogP contribution in [0.3, 0.4) is 0 Å². The lowest BCUT2D eigenvalue weighted by molar-refractivity contribution is 0.0950. The summed E-state index contributed by atoms with van der Waals surface area (Å²) in [6, 6.07) is 8.36. The number of hydrogen-bond donors (Lipinski definition) is 2. The van der Waals surface area contributed by atoms with E-state index in [2.05, 4.69) is 10.6 Å². The van der Waals surface area contributed by atoms with Crippen LogP contribution in [0.4, 0.5) is 5.69 Å². The molecule has 0 bridgehead atoms. The van der Waals surface area contributed by atoms with E-state index < -0.39 is 15.9 Å². The minimum absolute atomic E-state index is 0.0577. The highest BCUT2D eigenvalue weighted by Gasteiger charge is 2.31. The molecule has 7 nitrogen and oxygen atoms in total. The molecular weight excluding hydrogens is 410 g/mol. The normalized spacial score (nSPS) is 17.7. The summed E-state index contributed by atoms with van der Waals surface area (Å²) in [7, 11) is -3.68. The Bertz CT molecular complexity index is 1000. The van der Waals surface area contributed by atoms with Crippen LogP contribution >= 0.6 is 11.3 Å². The van der Waals surface area contributed by atoms with Crippen molar-refractivity contribution in [2.45, 2.75) is 43.0 Å². The number of anilines is 1. The number of benzene rings is 1. The number of carbonyl (C=O) groups is 2. The predicted molar refractivity (Wildman–Crippen MR) is 112 cm³/mol. The fourth-order valence-corrected chi connectivity index (χ4v) is 6.11. The van der Waals surface area contributed by atoms with Gasteiger partial charge in [-0.05, 0) is 61.4 Å². The van der Waals surface area contributed by atoms with E-state index >= 15 is 0 Å². The van der Waals surface area contributed by atoms with E-state index in [0.29, 0.717) is 24.3 Å². The largest absolute Gasteiger partial charge is 0.349 e. The fraction of sp³-hybridized carbons (Fsp3) is 0.400. The maximum Gasteiger partial charge on any atom is 0.267 e. The maximum atomic E-state index is 12.9. The molecule has 9 heteroatoms. The molecule has 1 aromatic heterocycles. The molecule has 0 unspecified atom stereocenters. The lowest BCUT2D eigenvalue weighted by Crippen LogP contribution is -2.36. The SMILES string of the molecule is O=C(NC1CC1)c1ccc(NC(=O)c2sccc2S(=O)(=O)N2CCCCC2)cc1. The number of piperidine rings is 1. The molecule has 2 fully saturated rings. The average molecular weight is 434 g/mol. The first kappa shape index (κ1) is 20.1. The van der Waals surface area contributed by atoms with Gasteiger partial charge in [0.1, 0.15) is 9.77 Å². The molecule has 1 saturated heterocycles. The van der Waals surface area contributed by atoms with E-state index in [9.17, 15) is 18.0 Å². The van der Waals surface area contributed by atoms with Gasteiger partial charge >= 0.3 is 0 Å². The number of hydrogen-bond acceptors (Lipinski definition) is 5. The maximum absolute atomic E-state index is 12.9. The highest BCUT2D eigenvalue weighted by atomic mass is 32.2. The zero-order chi connectivity index (χ0) is 20.4. The van der Waals surface area contributed by atoms with Crippen LogP contribution in [-0.2, 0) is 10.0 Å². The first-order valence-electron chi connectivity index (χ1n) is 9.75. The Labute approximate surface area is 174 Å². The second kappa shape index (κ2) is 8.25. The van der Waals surface area contributed by atoms with Gasteiger partial charge < -0.3 is 10.6 Å². The third kappa shape index (κ3) is 4.52. The number of thiophene rings is 1. The lowest BCUT2D eigenvalue weighted by Gasteiger charge is -2.25. The van der Waals surface area contributed by atoms with Crippen molar-refractivity contribution in [1.29, 1.82) is 0 Å². The third-order valence-corrected chi connectivity index (χ3v) is 8.07. The number of nitrogens with zero attached hydrogens (tertiary/aromatic N) is 1. The Balaban J connectivity index is 1.46. The van der Waals surface area contributed by atoms with Crippen molar-refractivity contribution < 1.29 is 18.0 Å². The fourth-order valence-electron chi connectivity index (χ4n) is 3.30. The summed E-state index contributed by atoms with van der Waals surface area (Å²) in [6.07, 6.45) is 4.74. The van der Waals surface area contributed by atoms with E-state index in [1.807, 2.05) is 0 Å². The molecule has 2 amide bonds. The zero-order valence-corrected chi connectivity index (χ0v) is 17.5. The average Bonchev–Trinajstić information content (AvgIpc) is 3.39. The highest BCUT2D eigenvalue weighted by Crippen LogP contribution is 2.28. The molecule has 1 aliphatic heterocycles. The summed E-state index contributed by atoms with van der Waals surface area (Å²) >= 11 is 1.11. The van der Waals surface area contributed by atoms with Crippen LogP contribution in [0.1, 0.15) is 52.1 Å². The molecule has 0 spiro atoms. The second-order valence-corrected chi connectivity index (χ2v) is 10.2. The van der Waals surface area contributed by atoms with Crippen molar-refractivity contribution in [1.82, 2.24) is 9.62 Å². The number of rotatable bonds is 6. The van der Waals surface area contributed by atoms with Crippen molar-refractivity contribution in [2.24, 2.45) is 0 Å². The molecule has 2 heterocycles. The van der Waals surface area contributed by atoms with Gasteiger partial charge in [0.05, 0.1) is 0 Å². The Kier molecular flexibility index (Phi) is 5.71. The first-order valence-corrected chi connectivity index (χ1v) is 12.1. The van der Waals surface area contributed by atoms with Crippen molar-refractivity contribution in [3.05, 3.63) is 46.2 Å². The van der Waals surface area contributed by atoms with Gasteiger partial charge in [-0.15, -0.1) is 11.3 Å². The monoisotopic (exact) mass is 433 g/mol. The molecule has 2 aliphatic rings. The quantitative estimate of drug-likeness (QED) is 0.732.